The number of rotatable bonds is 3. The summed E-state index contributed by atoms with van der Waals surface area (Å²) in [5, 5.41) is 15.5. The maximum absolute atomic E-state index is 12.9. The van der Waals surface area contributed by atoms with Crippen LogP contribution in [0.15, 0.2) is 29.1 Å². The van der Waals surface area contributed by atoms with Gasteiger partial charge in [0, 0.05) is 42.6 Å². The highest BCUT2D eigenvalue weighted by Crippen LogP contribution is 2.37. The number of aromatic nitrogens is 2. The van der Waals surface area contributed by atoms with E-state index in [2.05, 4.69) is 10.3 Å². The number of nitro groups is 1. The minimum atomic E-state index is -0.478. The molecule has 0 radical (unpaired) electrons. The molecule has 2 aliphatic rings. The molecule has 0 fully saturated rings. The summed E-state index contributed by atoms with van der Waals surface area (Å²) in [6.45, 7) is 1.18. The van der Waals surface area contributed by atoms with Crippen molar-refractivity contribution >= 4 is 34.0 Å². The molecule has 0 aliphatic carbocycles. The largest absolute Gasteiger partial charge is 0.454 e. The second kappa shape index (κ2) is 6.63. The van der Waals surface area contributed by atoms with Crippen molar-refractivity contribution in [1.29, 1.82) is 0 Å². The second-order valence-corrected chi connectivity index (χ2v) is 7.27. The van der Waals surface area contributed by atoms with Crippen LogP contribution in [0.4, 0.5) is 11.5 Å². The summed E-state index contributed by atoms with van der Waals surface area (Å²) >= 11 is 6.36. The molecule has 0 bridgehead atoms. The predicted octanol–water partition coefficient (Wildman–Crippen LogP) is 3.09. The number of hydrogen-bond acceptors (Lipinski definition) is 7. The molecule has 2 aromatic heterocycles. The summed E-state index contributed by atoms with van der Waals surface area (Å²) in [7, 11) is 0. The number of halogens is 1. The van der Waals surface area contributed by atoms with Gasteiger partial charge >= 0.3 is 5.69 Å². The van der Waals surface area contributed by atoms with Gasteiger partial charge in [-0.1, -0.05) is 11.6 Å². The summed E-state index contributed by atoms with van der Waals surface area (Å²) in [5.74, 6) is 1.47. The molecule has 5 rings (SSSR count). The van der Waals surface area contributed by atoms with E-state index in [0.29, 0.717) is 41.2 Å². The minimum absolute atomic E-state index is 0.118. The van der Waals surface area contributed by atoms with Crippen molar-refractivity contribution in [2.45, 2.75) is 19.4 Å². The van der Waals surface area contributed by atoms with Crippen molar-refractivity contribution in [1.82, 2.24) is 9.55 Å². The van der Waals surface area contributed by atoms with Crippen LogP contribution in [0.25, 0.3) is 10.9 Å². The first-order valence-corrected chi connectivity index (χ1v) is 9.43. The lowest BCUT2D eigenvalue weighted by atomic mass is 10.0. The molecule has 3 aromatic rings. The molecule has 4 heterocycles. The Hall–Kier alpha value is -3.33. The van der Waals surface area contributed by atoms with Crippen molar-refractivity contribution in [3.8, 4) is 11.5 Å². The first kappa shape index (κ1) is 17.7. The monoisotopic (exact) mass is 414 g/mol. The number of nitrogens with one attached hydrogen (secondary N) is 1. The Bertz CT molecular complexity index is 1240. The zero-order chi connectivity index (χ0) is 20.1. The van der Waals surface area contributed by atoms with E-state index in [0.717, 1.165) is 11.8 Å². The van der Waals surface area contributed by atoms with E-state index in [1.807, 2.05) is 6.07 Å². The van der Waals surface area contributed by atoms with E-state index >= 15 is 0 Å². The molecule has 9 nitrogen and oxygen atoms in total. The first-order chi connectivity index (χ1) is 14.0. The summed E-state index contributed by atoms with van der Waals surface area (Å²) in [5.41, 5.74) is 1.16. The Morgan fingerprint density at radius 2 is 2.00 bits per heavy atom. The summed E-state index contributed by atoms with van der Waals surface area (Å²) < 4.78 is 12.2. The third kappa shape index (κ3) is 2.94. The lowest BCUT2D eigenvalue weighted by Gasteiger charge is -2.20. The number of hydrogen-bond donors (Lipinski definition) is 1. The molecule has 1 N–H and O–H groups in total. The highest BCUT2D eigenvalue weighted by molar-refractivity contribution is 6.30. The SMILES string of the molecule is O=c1c(Cc2cc3cc4c(cc3nc2Cl)OCO4)cc([N+](=O)[O-])c2n1CCCN2. The molecule has 148 valence electrons. The molecule has 1 aromatic carbocycles. The quantitative estimate of drug-likeness (QED) is 0.398. The van der Waals surface area contributed by atoms with Gasteiger partial charge in [0.15, 0.2) is 17.3 Å². The van der Waals surface area contributed by atoms with Gasteiger partial charge in [-0.25, -0.2) is 4.98 Å². The van der Waals surface area contributed by atoms with Crippen LogP contribution < -0.4 is 20.3 Å². The van der Waals surface area contributed by atoms with Crippen molar-refractivity contribution in [2.24, 2.45) is 0 Å². The van der Waals surface area contributed by atoms with E-state index in [9.17, 15) is 14.9 Å². The first-order valence-electron chi connectivity index (χ1n) is 9.05. The molecular weight excluding hydrogens is 400 g/mol. The normalized spacial score (nSPS) is 14.5. The average molecular weight is 415 g/mol. The molecule has 29 heavy (non-hydrogen) atoms. The fourth-order valence-corrected chi connectivity index (χ4v) is 3.94. The van der Waals surface area contributed by atoms with E-state index < -0.39 is 4.92 Å². The van der Waals surface area contributed by atoms with Gasteiger partial charge < -0.3 is 14.8 Å². The molecule has 0 unspecified atom stereocenters. The van der Waals surface area contributed by atoms with Gasteiger partial charge in [0.2, 0.25) is 6.79 Å². The zero-order valence-electron chi connectivity index (χ0n) is 15.1. The van der Waals surface area contributed by atoms with Gasteiger partial charge in [0.1, 0.15) is 5.15 Å². The van der Waals surface area contributed by atoms with Crippen molar-refractivity contribution in [3.63, 3.8) is 0 Å². The highest BCUT2D eigenvalue weighted by Gasteiger charge is 2.25. The Morgan fingerprint density at radius 3 is 2.79 bits per heavy atom. The fourth-order valence-electron chi connectivity index (χ4n) is 3.73. The van der Waals surface area contributed by atoms with Gasteiger partial charge in [-0.15, -0.1) is 0 Å². The van der Waals surface area contributed by atoms with E-state index in [1.54, 1.807) is 12.1 Å². The number of benzene rings is 1. The van der Waals surface area contributed by atoms with Crippen LogP contribution in [-0.2, 0) is 13.0 Å². The van der Waals surface area contributed by atoms with E-state index in [-0.39, 0.29) is 35.4 Å². The van der Waals surface area contributed by atoms with E-state index in [1.165, 1.54) is 10.6 Å². The average Bonchev–Trinajstić information content (AvgIpc) is 3.16. The molecule has 0 saturated heterocycles. The van der Waals surface area contributed by atoms with E-state index in [4.69, 9.17) is 21.1 Å². The summed E-state index contributed by atoms with van der Waals surface area (Å²) in [6, 6.07) is 6.70. The van der Waals surface area contributed by atoms with Gasteiger partial charge in [-0.05, 0) is 24.1 Å². The molecule has 2 aliphatic heterocycles. The lowest BCUT2D eigenvalue weighted by Crippen LogP contribution is -2.32. The molecule has 0 amide bonds. The summed E-state index contributed by atoms with van der Waals surface area (Å²) in [6.07, 6.45) is 0.856. The van der Waals surface area contributed by atoms with Gasteiger partial charge in [0.25, 0.3) is 5.56 Å². The Morgan fingerprint density at radius 1 is 1.21 bits per heavy atom. The van der Waals surface area contributed by atoms with Gasteiger partial charge in [-0.3, -0.25) is 19.5 Å². The van der Waals surface area contributed by atoms with Crippen LogP contribution in [0.5, 0.6) is 11.5 Å². The minimum Gasteiger partial charge on any atom is -0.454 e. The van der Waals surface area contributed by atoms with Crippen LogP contribution in [-0.4, -0.2) is 27.8 Å². The number of ether oxygens (including phenoxy) is 2. The fraction of sp³-hybridized carbons (Fsp3) is 0.263. The van der Waals surface area contributed by atoms with Crippen LogP contribution >= 0.6 is 11.6 Å². The van der Waals surface area contributed by atoms with Crippen LogP contribution in [0.2, 0.25) is 5.15 Å². The molecule has 0 saturated carbocycles. The number of fused-ring (bicyclic) bond motifs is 3. The standard InChI is InChI=1S/C19H15ClN4O5/c20-17-11(4-10-7-15-16(29-9-28-15)8-13(10)22-17)5-12-6-14(24(26)27)18-21-2-1-3-23(18)19(12)25/h4,6-8,21H,1-3,5,9H2. The maximum atomic E-state index is 12.9. The van der Waals surface area contributed by atoms with Crippen molar-refractivity contribution in [2.75, 3.05) is 18.7 Å². The molecule has 10 heteroatoms. The zero-order valence-corrected chi connectivity index (χ0v) is 15.9. The molecular formula is C19H15ClN4O5. The Kier molecular flexibility index (Phi) is 4.06. The lowest BCUT2D eigenvalue weighted by molar-refractivity contribution is -0.384. The van der Waals surface area contributed by atoms with Crippen LogP contribution in [0.3, 0.4) is 0 Å². The molecule has 0 spiro atoms. The maximum Gasteiger partial charge on any atom is 0.310 e. The Balaban J connectivity index is 1.61. The van der Waals surface area contributed by atoms with Gasteiger partial charge in [0.05, 0.1) is 10.4 Å². The topological polar surface area (TPSA) is 109 Å². The number of anilines is 1. The van der Waals surface area contributed by atoms with Crippen LogP contribution in [0.1, 0.15) is 17.5 Å². The van der Waals surface area contributed by atoms with Gasteiger partial charge in [-0.2, -0.15) is 0 Å². The summed E-state index contributed by atoms with van der Waals surface area (Å²) in [4.78, 5) is 28.4. The van der Waals surface area contributed by atoms with Crippen molar-refractivity contribution in [3.05, 3.63) is 61.0 Å². The van der Waals surface area contributed by atoms with Crippen molar-refractivity contribution < 1.29 is 14.4 Å². The number of nitrogens with zero attached hydrogens (tertiary/aromatic N) is 3. The predicted molar refractivity (Wildman–Crippen MR) is 106 cm³/mol. The Labute approximate surface area is 169 Å². The van der Waals surface area contributed by atoms with Crippen LogP contribution in [0, 0.1) is 10.1 Å². The smallest absolute Gasteiger partial charge is 0.310 e. The third-order valence-electron chi connectivity index (χ3n) is 5.11. The molecule has 0 atom stereocenters. The second-order valence-electron chi connectivity index (χ2n) is 6.91. The number of pyridine rings is 2. The third-order valence-corrected chi connectivity index (χ3v) is 5.43. The highest BCUT2D eigenvalue weighted by atomic mass is 35.5.